The summed E-state index contributed by atoms with van der Waals surface area (Å²) in [5, 5.41) is 7.88. The topological polar surface area (TPSA) is 70.2 Å². The van der Waals surface area contributed by atoms with Crippen LogP contribution in [0, 0.1) is 0 Å². The Balaban J connectivity index is 3.77. The predicted molar refractivity (Wildman–Crippen MR) is 58.4 cm³/mol. The van der Waals surface area contributed by atoms with E-state index in [0.29, 0.717) is 12.3 Å². The SMILES string of the molecule is CCNC(=O)CNC(=O)C(CS)NC. The first kappa shape index (κ1) is 13.2. The fourth-order valence-electron chi connectivity index (χ4n) is 0.856. The summed E-state index contributed by atoms with van der Waals surface area (Å²) in [4.78, 5) is 22.3. The van der Waals surface area contributed by atoms with Crippen LogP contribution in [0.3, 0.4) is 0 Å². The first-order valence-corrected chi connectivity index (χ1v) is 5.11. The maximum Gasteiger partial charge on any atom is 0.239 e. The summed E-state index contributed by atoms with van der Waals surface area (Å²) >= 11 is 4.00. The Bertz CT molecular complexity index is 195. The zero-order valence-corrected chi connectivity index (χ0v) is 9.36. The number of likely N-dealkylation sites (N-methyl/N-ethyl adjacent to an activating group) is 2. The molecule has 14 heavy (non-hydrogen) atoms. The molecule has 0 spiro atoms. The lowest BCUT2D eigenvalue weighted by Gasteiger charge is -2.12. The summed E-state index contributed by atoms with van der Waals surface area (Å²) in [7, 11) is 1.67. The summed E-state index contributed by atoms with van der Waals surface area (Å²) in [5.74, 6) is 0.00110. The number of thiol groups is 1. The lowest BCUT2D eigenvalue weighted by Crippen LogP contribution is -2.47. The molecule has 0 fully saturated rings. The van der Waals surface area contributed by atoms with Gasteiger partial charge in [-0.2, -0.15) is 12.6 Å². The minimum atomic E-state index is -0.354. The molecule has 0 rings (SSSR count). The van der Waals surface area contributed by atoms with E-state index in [1.54, 1.807) is 7.05 Å². The fourth-order valence-corrected chi connectivity index (χ4v) is 1.20. The van der Waals surface area contributed by atoms with Gasteiger partial charge < -0.3 is 16.0 Å². The first-order valence-electron chi connectivity index (χ1n) is 4.48. The Morgan fingerprint density at radius 1 is 1.36 bits per heavy atom. The molecule has 1 unspecified atom stereocenters. The maximum absolute atomic E-state index is 11.3. The third kappa shape index (κ3) is 5.08. The third-order valence-electron chi connectivity index (χ3n) is 1.64. The molecule has 0 bridgehead atoms. The van der Waals surface area contributed by atoms with E-state index in [0.717, 1.165) is 0 Å². The number of carbonyl (C=O) groups excluding carboxylic acids is 2. The van der Waals surface area contributed by atoms with Crippen LogP contribution in [0.25, 0.3) is 0 Å². The van der Waals surface area contributed by atoms with Crippen molar-refractivity contribution in [3.63, 3.8) is 0 Å². The van der Waals surface area contributed by atoms with Crippen molar-refractivity contribution in [2.45, 2.75) is 13.0 Å². The van der Waals surface area contributed by atoms with Crippen molar-refractivity contribution in [3.8, 4) is 0 Å². The van der Waals surface area contributed by atoms with Crippen LogP contribution in [0.4, 0.5) is 0 Å². The molecule has 0 saturated heterocycles. The van der Waals surface area contributed by atoms with Gasteiger partial charge in [-0.3, -0.25) is 9.59 Å². The largest absolute Gasteiger partial charge is 0.355 e. The van der Waals surface area contributed by atoms with Crippen LogP contribution in [0.5, 0.6) is 0 Å². The molecule has 0 aliphatic rings. The highest BCUT2D eigenvalue weighted by Gasteiger charge is 2.14. The van der Waals surface area contributed by atoms with Gasteiger partial charge in [0.15, 0.2) is 0 Å². The minimum Gasteiger partial charge on any atom is -0.355 e. The van der Waals surface area contributed by atoms with E-state index in [9.17, 15) is 9.59 Å². The molecule has 0 aliphatic carbocycles. The normalized spacial score (nSPS) is 11.9. The highest BCUT2D eigenvalue weighted by molar-refractivity contribution is 7.80. The van der Waals surface area contributed by atoms with Gasteiger partial charge in [-0.15, -0.1) is 0 Å². The van der Waals surface area contributed by atoms with Crippen LogP contribution in [0.2, 0.25) is 0 Å². The molecule has 0 aromatic heterocycles. The van der Waals surface area contributed by atoms with Crippen molar-refractivity contribution >= 4 is 24.4 Å². The lowest BCUT2D eigenvalue weighted by atomic mass is 10.3. The maximum atomic E-state index is 11.3. The molecular formula is C8H17N3O2S. The molecule has 2 amide bonds. The first-order chi connectivity index (χ1) is 6.65. The Labute approximate surface area is 89.4 Å². The second-order valence-corrected chi connectivity index (χ2v) is 3.06. The zero-order chi connectivity index (χ0) is 11.0. The number of carbonyl (C=O) groups is 2. The minimum absolute atomic E-state index is 0.0125. The van der Waals surface area contributed by atoms with Crippen LogP contribution >= 0.6 is 12.6 Å². The number of rotatable bonds is 6. The van der Waals surface area contributed by atoms with Crippen molar-refractivity contribution in [1.82, 2.24) is 16.0 Å². The Morgan fingerprint density at radius 2 is 2.00 bits per heavy atom. The van der Waals surface area contributed by atoms with Crippen LogP contribution in [0.15, 0.2) is 0 Å². The van der Waals surface area contributed by atoms with Crippen molar-refractivity contribution in [2.75, 3.05) is 25.9 Å². The molecule has 3 N–H and O–H groups in total. The van der Waals surface area contributed by atoms with Crippen LogP contribution in [-0.4, -0.2) is 43.7 Å². The summed E-state index contributed by atoms with van der Waals surface area (Å²) in [6, 6.07) is -0.354. The van der Waals surface area contributed by atoms with Gasteiger partial charge in [0.05, 0.1) is 12.6 Å². The Kier molecular flexibility index (Phi) is 7.23. The monoisotopic (exact) mass is 219 g/mol. The molecule has 0 aliphatic heterocycles. The lowest BCUT2D eigenvalue weighted by molar-refractivity contribution is -0.126. The van der Waals surface area contributed by atoms with E-state index in [1.807, 2.05) is 6.92 Å². The van der Waals surface area contributed by atoms with Gasteiger partial charge in [-0.1, -0.05) is 0 Å². The van der Waals surface area contributed by atoms with Gasteiger partial charge in [-0.05, 0) is 14.0 Å². The fraction of sp³-hybridized carbons (Fsp3) is 0.750. The molecule has 0 aromatic rings. The molecule has 1 atom stereocenters. The van der Waals surface area contributed by atoms with Crippen molar-refractivity contribution < 1.29 is 9.59 Å². The van der Waals surface area contributed by atoms with E-state index in [-0.39, 0.29) is 24.4 Å². The van der Waals surface area contributed by atoms with Crippen molar-refractivity contribution in [1.29, 1.82) is 0 Å². The van der Waals surface area contributed by atoms with Gasteiger partial charge in [0, 0.05) is 12.3 Å². The van der Waals surface area contributed by atoms with Gasteiger partial charge in [-0.25, -0.2) is 0 Å². The number of hydrogen-bond acceptors (Lipinski definition) is 4. The molecule has 0 radical (unpaired) electrons. The standard InChI is InChI=1S/C8H17N3O2S/c1-3-10-7(12)4-11-8(13)6(5-14)9-2/h6,9,14H,3-5H2,1-2H3,(H,10,12)(H,11,13). The van der Waals surface area contributed by atoms with Crippen LogP contribution in [0.1, 0.15) is 6.92 Å². The Morgan fingerprint density at radius 3 is 2.43 bits per heavy atom. The molecule has 0 heterocycles. The van der Waals surface area contributed by atoms with Crippen LogP contribution in [-0.2, 0) is 9.59 Å². The summed E-state index contributed by atoms with van der Waals surface area (Å²) in [6.45, 7) is 2.40. The van der Waals surface area contributed by atoms with E-state index < -0.39 is 0 Å². The molecule has 5 nitrogen and oxygen atoms in total. The predicted octanol–water partition coefficient (Wildman–Crippen LogP) is -1.24. The van der Waals surface area contributed by atoms with Gasteiger partial charge in [0.25, 0.3) is 0 Å². The Hall–Kier alpha value is -0.750. The van der Waals surface area contributed by atoms with Gasteiger partial charge in [0.1, 0.15) is 0 Å². The highest BCUT2D eigenvalue weighted by Crippen LogP contribution is 1.86. The zero-order valence-electron chi connectivity index (χ0n) is 8.46. The average Bonchev–Trinajstić information content (AvgIpc) is 2.17. The van der Waals surface area contributed by atoms with Crippen molar-refractivity contribution in [3.05, 3.63) is 0 Å². The summed E-state index contributed by atoms with van der Waals surface area (Å²) in [6.07, 6.45) is 0. The van der Waals surface area contributed by atoms with E-state index >= 15 is 0 Å². The van der Waals surface area contributed by atoms with Crippen LogP contribution < -0.4 is 16.0 Å². The summed E-state index contributed by atoms with van der Waals surface area (Å²) < 4.78 is 0. The molecule has 82 valence electrons. The molecule has 0 saturated carbocycles. The highest BCUT2D eigenvalue weighted by atomic mass is 32.1. The number of nitrogens with one attached hydrogen (secondary N) is 3. The van der Waals surface area contributed by atoms with Crippen molar-refractivity contribution in [2.24, 2.45) is 0 Å². The molecular weight excluding hydrogens is 202 g/mol. The van der Waals surface area contributed by atoms with Gasteiger partial charge in [0.2, 0.25) is 11.8 Å². The van der Waals surface area contributed by atoms with E-state index in [1.165, 1.54) is 0 Å². The molecule has 6 heteroatoms. The average molecular weight is 219 g/mol. The number of hydrogen-bond donors (Lipinski definition) is 4. The van der Waals surface area contributed by atoms with E-state index in [4.69, 9.17) is 0 Å². The number of amides is 2. The van der Waals surface area contributed by atoms with E-state index in [2.05, 4.69) is 28.6 Å². The van der Waals surface area contributed by atoms with Gasteiger partial charge >= 0.3 is 0 Å². The molecule has 0 aromatic carbocycles. The second kappa shape index (κ2) is 7.64. The quantitative estimate of drug-likeness (QED) is 0.422. The third-order valence-corrected chi connectivity index (χ3v) is 2.01. The second-order valence-electron chi connectivity index (χ2n) is 2.70. The summed E-state index contributed by atoms with van der Waals surface area (Å²) in [5.41, 5.74) is 0. The smallest absolute Gasteiger partial charge is 0.239 e.